The maximum Gasteiger partial charge on any atom is 0.156 e. The first-order valence-electron chi connectivity index (χ1n) is 3.67. The minimum Gasteiger partial charge on any atom is -0.303 e. The van der Waals surface area contributed by atoms with Crippen molar-refractivity contribution in [3.63, 3.8) is 0 Å². The molecule has 1 aromatic rings. The molecule has 2 rings (SSSR count). The molecule has 1 atom stereocenters. The van der Waals surface area contributed by atoms with E-state index in [-0.39, 0.29) is 6.04 Å². The number of carbonyl (C=O) groups excluding carboxylic acids is 1. The van der Waals surface area contributed by atoms with Gasteiger partial charge in [0.1, 0.15) is 6.04 Å². The summed E-state index contributed by atoms with van der Waals surface area (Å²) in [6.07, 6.45) is 0.683. The van der Waals surface area contributed by atoms with Gasteiger partial charge in [-0.2, -0.15) is 0 Å². The number of hydrogen-bond donors (Lipinski definition) is 1. The van der Waals surface area contributed by atoms with Crippen molar-refractivity contribution in [3.8, 4) is 0 Å². The Morgan fingerprint density at radius 1 is 1.64 bits per heavy atom. The topological polar surface area (TPSA) is 29.1 Å². The van der Waals surface area contributed by atoms with Crippen LogP contribution >= 0.6 is 11.3 Å². The monoisotopic (exact) mass is 167 g/mol. The molecule has 11 heavy (non-hydrogen) atoms. The predicted molar refractivity (Wildman–Crippen MR) is 44.7 cm³/mol. The number of Topliss-reactive ketones (excluding diaryl/α,β-unsaturated/α-hetero) is 1. The minimum absolute atomic E-state index is 0.00463. The van der Waals surface area contributed by atoms with Crippen LogP contribution in [-0.4, -0.2) is 12.3 Å². The van der Waals surface area contributed by atoms with Crippen LogP contribution in [0.25, 0.3) is 0 Å². The summed E-state index contributed by atoms with van der Waals surface area (Å²) in [6.45, 7) is 0.835. The highest BCUT2D eigenvalue weighted by molar-refractivity contribution is 7.10. The summed E-state index contributed by atoms with van der Waals surface area (Å²) in [5.41, 5.74) is 0. The molecule has 58 valence electrons. The van der Waals surface area contributed by atoms with Gasteiger partial charge >= 0.3 is 0 Å². The standard InChI is InChI=1S/C8H9NOS/c10-6-3-4-9-8(6)7-2-1-5-11-7/h1-2,5,8-9H,3-4H2. The number of carbonyl (C=O) groups is 1. The number of nitrogens with one attached hydrogen (secondary N) is 1. The van der Waals surface area contributed by atoms with Crippen molar-refractivity contribution in [1.29, 1.82) is 0 Å². The van der Waals surface area contributed by atoms with Crippen LogP contribution in [0, 0.1) is 0 Å². The van der Waals surface area contributed by atoms with Crippen molar-refractivity contribution < 1.29 is 4.79 Å². The lowest BCUT2D eigenvalue weighted by Gasteiger charge is -2.03. The molecule has 1 aromatic heterocycles. The number of rotatable bonds is 1. The van der Waals surface area contributed by atoms with Crippen LogP contribution in [0.1, 0.15) is 17.3 Å². The quantitative estimate of drug-likeness (QED) is 0.684. The summed E-state index contributed by atoms with van der Waals surface area (Å²) in [5, 5.41) is 5.17. The van der Waals surface area contributed by atoms with E-state index in [2.05, 4.69) is 5.32 Å². The second-order valence-electron chi connectivity index (χ2n) is 2.62. The third-order valence-electron chi connectivity index (χ3n) is 1.87. The van der Waals surface area contributed by atoms with Gasteiger partial charge in [0.15, 0.2) is 5.78 Å². The fraction of sp³-hybridized carbons (Fsp3) is 0.375. The SMILES string of the molecule is O=C1CCNC1c1cccs1. The second-order valence-corrected chi connectivity index (χ2v) is 3.60. The van der Waals surface area contributed by atoms with Gasteiger partial charge in [0.05, 0.1) is 0 Å². The van der Waals surface area contributed by atoms with Gasteiger partial charge in [0.25, 0.3) is 0 Å². The summed E-state index contributed by atoms with van der Waals surface area (Å²) in [5.74, 6) is 0.326. The van der Waals surface area contributed by atoms with E-state index in [1.54, 1.807) is 11.3 Å². The Hall–Kier alpha value is -0.670. The molecule has 0 radical (unpaired) electrons. The lowest BCUT2D eigenvalue weighted by atomic mass is 10.2. The van der Waals surface area contributed by atoms with Crippen molar-refractivity contribution in [3.05, 3.63) is 22.4 Å². The summed E-state index contributed by atoms with van der Waals surface area (Å²) >= 11 is 1.64. The first-order valence-corrected chi connectivity index (χ1v) is 4.55. The van der Waals surface area contributed by atoms with E-state index < -0.39 is 0 Å². The van der Waals surface area contributed by atoms with Crippen LogP contribution in [0.4, 0.5) is 0 Å². The van der Waals surface area contributed by atoms with E-state index in [4.69, 9.17) is 0 Å². The average molecular weight is 167 g/mol. The minimum atomic E-state index is -0.00463. The zero-order valence-electron chi connectivity index (χ0n) is 6.04. The Morgan fingerprint density at radius 3 is 3.09 bits per heavy atom. The van der Waals surface area contributed by atoms with Crippen LogP contribution < -0.4 is 5.32 Å². The molecule has 0 bridgehead atoms. The van der Waals surface area contributed by atoms with Gasteiger partial charge < -0.3 is 5.32 Å². The highest BCUT2D eigenvalue weighted by Crippen LogP contribution is 2.23. The van der Waals surface area contributed by atoms with Crippen molar-refractivity contribution in [2.24, 2.45) is 0 Å². The molecular formula is C8H9NOS. The molecule has 0 spiro atoms. The molecule has 0 aromatic carbocycles. The number of ketones is 1. The molecule has 1 N–H and O–H groups in total. The second kappa shape index (κ2) is 2.75. The van der Waals surface area contributed by atoms with Gasteiger partial charge in [0.2, 0.25) is 0 Å². The maximum atomic E-state index is 11.2. The maximum absolute atomic E-state index is 11.2. The number of hydrogen-bond acceptors (Lipinski definition) is 3. The average Bonchev–Trinajstić information content (AvgIpc) is 2.55. The highest BCUT2D eigenvalue weighted by Gasteiger charge is 2.25. The summed E-state index contributed by atoms with van der Waals surface area (Å²) in [4.78, 5) is 12.4. The molecule has 2 nitrogen and oxygen atoms in total. The molecule has 1 unspecified atom stereocenters. The van der Waals surface area contributed by atoms with Gasteiger partial charge in [-0.05, 0) is 11.4 Å². The Bertz CT molecular complexity index is 255. The van der Waals surface area contributed by atoms with Crippen LogP contribution in [0.3, 0.4) is 0 Å². The van der Waals surface area contributed by atoms with Crippen LogP contribution in [-0.2, 0) is 4.79 Å². The van der Waals surface area contributed by atoms with E-state index >= 15 is 0 Å². The molecule has 1 aliphatic rings. The fourth-order valence-corrected chi connectivity index (χ4v) is 2.13. The van der Waals surface area contributed by atoms with Gasteiger partial charge in [-0.15, -0.1) is 11.3 Å². The van der Waals surface area contributed by atoms with Crippen molar-refractivity contribution in [2.75, 3.05) is 6.54 Å². The first-order chi connectivity index (χ1) is 5.38. The van der Waals surface area contributed by atoms with Gasteiger partial charge in [-0.3, -0.25) is 4.79 Å². The molecule has 1 fully saturated rings. The van der Waals surface area contributed by atoms with E-state index in [0.29, 0.717) is 12.2 Å². The summed E-state index contributed by atoms with van der Waals surface area (Å²) < 4.78 is 0. The molecule has 0 aliphatic carbocycles. The largest absolute Gasteiger partial charge is 0.303 e. The van der Waals surface area contributed by atoms with Gasteiger partial charge in [0, 0.05) is 17.8 Å². The van der Waals surface area contributed by atoms with E-state index in [1.165, 1.54) is 0 Å². The van der Waals surface area contributed by atoms with Crippen LogP contribution in [0.2, 0.25) is 0 Å². The number of thiophene rings is 1. The zero-order valence-corrected chi connectivity index (χ0v) is 6.86. The normalized spacial score (nSPS) is 24.4. The van der Waals surface area contributed by atoms with Crippen LogP contribution in [0.15, 0.2) is 17.5 Å². The zero-order chi connectivity index (χ0) is 7.68. The molecule has 1 aliphatic heterocycles. The fourth-order valence-electron chi connectivity index (χ4n) is 1.31. The first kappa shape index (κ1) is 7.00. The highest BCUT2D eigenvalue weighted by atomic mass is 32.1. The van der Waals surface area contributed by atoms with E-state index in [9.17, 15) is 4.79 Å². The van der Waals surface area contributed by atoms with Gasteiger partial charge in [-0.25, -0.2) is 0 Å². The van der Waals surface area contributed by atoms with Crippen molar-refractivity contribution in [2.45, 2.75) is 12.5 Å². The Kier molecular flexibility index (Phi) is 1.75. The summed E-state index contributed by atoms with van der Waals surface area (Å²) in [6, 6.07) is 3.98. The Balaban J connectivity index is 2.23. The Labute approximate surface area is 69.2 Å². The Morgan fingerprint density at radius 2 is 2.55 bits per heavy atom. The molecule has 0 saturated carbocycles. The van der Waals surface area contributed by atoms with Crippen molar-refractivity contribution >= 4 is 17.1 Å². The van der Waals surface area contributed by atoms with E-state index in [0.717, 1.165) is 11.4 Å². The predicted octanol–water partition coefficient (Wildman–Crippen LogP) is 1.35. The van der Waals surface area contributed by atoms with Gasteiger partial charge in [-0.1, -0.05) is 6.07 Å². The smallest absolute Gasteiger partial charge is 0.156 e. The molecule has 2 heterocycles. The molecular weight excluding hydrogens is 158 g/mol. The third kappa shape index (κ3) is 1.21. The lowest BCUT2D eigenvalue weighted by molar-refractivity contribution is -0.118. The summed E-state index contributed by atoms with van der Waals surface area (Å²) in [7, 11) is 0. The molecule has 3 heteroatoms. The third-order valence-corrected chi connectivity index (χ3v) is 2.81. The molecule has 1 saturated heterocycles. The van der Waals surface area contributed by atoms with E-state index in [1.807, 2.05) is 17.5 Å². The lowest BCUT2D eigenvalue weighted by Crippen LogP contribution is -2.15. The van der Waals surface area contributed by atoms with Crippen molar-refractivity contribution in [1.82, 2.24) is 5.32 Å². The van der Waals surface area contributed by atoms with Crippen LogP contribution in [0.5, 0.6) is 0 Å². The molecule has 0 amide bonds.